The van der Waals surface area contributed by atoms with E-state index in [0.29, 0.717) is 0 Å². The maximum atomic E-state index is 11.0. The van der Waals surface area contributed by atoms with Gasteiger partial charge in [0, 0.05) is 24.9 Å². The molecule has 0 bridgehead atoms. The molecule has 0 unspecified atom stereocenters. The van der Waals surface area contributed by atoms with Crippen molar-refractivity contribution in [2.24, 2.45) is 0 Å². The van der Waals surface area contributed by atoms with Crippen LogP contribution in [0.1, 0.15) is 5.56 Å². The van der Waals surface area contributed by atoms with Gasteiger partial charge in [-0.25, -0.2) is 9.59 Å². The van der Waals surface area contributed by atoms with Gasteiger partial charge in [0.15, 0.2) is 0 Å². The fraction of sp³-hybridized carbons (Fsp3) is 0. The Bertz CT molecular complexity index is 460. The second kappa shape index (κ2) is 5.50. The first kappa shape index (κ1) is 12.5. The fourth-order valence-corrected chi connectivity index (χ4v) is 1.23. The zero-order chi connectivity index (χ0) is 10.7. The van der Waals surface area contributed by atoms with Crippen LogP contribution in [0, 0.1) is 0 Å². The summed E-state index contributed by atoms with van der Waals surface area (Å²) in [6.45, 7) is 0. The zero-order valence-corrected chi connectivity index (χ0v) is 8.84. The third-order valence-electron chi connectivity index (χ3n) is 1.96. The van der Waals surface area contributed by atoms with Gasteiger partial charge in [0.05, 0.1) is 5.57 Å². The Kier molecular flexibility index (Phi) is 4.30. The van der Waals surface area contributed by atoms with Gasteiger partial charge in [0.1, 0.15) is 0 Å². The van der Waals surface area contributed by atoms with Gasteiger partial charge in [-0.05, 0) is 11.6 Å². The van der Waals surface area contributed by atoms with Gasteiger partial charge in [-0.3, -0.25) is 0 Å². The Hall–Kier alpha value is -1.56. The molecule has 1 radical (unpaired) electrons. The molecule has 1 aliphatic rings. The molecule has 0 saturated carbocycles. The van der Waals surface area contributed by atoms with E-state index in [2.05, 4.69) is 4.74 Å². The van der Waals surface area contributed by atoms with Crippen molar-refractivity contribution < 1.29 is 14.3 Å². The number of rotatable bonds is 2. The molecule has 0 aliphatic carbocycles. The van der Waals surface area contributed by atoms with Crippen LogP contribution in [0.3, 0.4) is 0 Å². The van der Waals surface area contributed by atoms with Gasteiger partial charge in [-0.15, -0.1) is 0 Å². The first-order valence-corrected chi connectivity index (χ1v) is 4.47. The van der Waals surface area contributed by atoms with E-state index in [1.165, 1.54) is 6.08 Å². The smallest absolute Gasteiger partial charge is 0.346 e. The maximum absolute atomic E-state index is 11.0. The Morgan fingerprint density at radius 2 is 1.69 bits per heavy atom. The van der Waals surface area contributed by atoms with Crippen molar-refractivity contribution in [2.45, 2.75) is 0 Å². The minimum atomic E-state index is -0.604. The summed E-state index contributed by atoms with van der Waals surface area (Å²) < 4.78 is 4.34. The van der Waals surface area contributed by atoms with Gasteiger partial charge >= 0.3 is 11.9 Å². The Balaban J connectivity index is 0.00000128. The minimum Gasteiger partial charge on any atom is -0.386 e. The fourth-order valence-electron chi connectivity index (χ4n) is 1.23. The quantitative estimate of drug-likeness (QED) is 0.417. The number of carbonyl (C=O) groups excluding carboxylic acids is 2. The molecule has 0 aromatic heterocycles. The molecule has 0 fully saturated rings. The zero-order valence-electron chi connectivity index (χ0n) is 8.84. The average Bonchev–Trinajstić information content (AvgIpc) is 2.56. The number of benzene rings is 1. The number of cyclic esters (lactones) is 2. The van der Waals surface area contributed by atoms with E-state index in [9.17, 15) is 9.59 Å². The molecule has 1 aliphatic heterocycles. The van der Waals surface area contributed by atoms with Gasteiger partial charge in [0.2, 0.25) is 0 Å². The molecule has 4 heteroatoms. The third kappa shape index (κ3) is 2.96. The number of esters is 2. The number of hydrogen-bond donors (Lipinski definition) is 0. The van der Waals surface area contributed by atoms with Crippen molar-refractivity contribution in [1.29, 1.82) is 0 Å². The normalized spacial score (nSPS) is 14.6. The second-order valence-electron chi connectivity index (χ2n) is 3.05. The molecule has 0 amide bonds. The monoisotopic (exact) mass is 207 g/mol. The van der Waals surface area contributed by atoms with E-state index in [0.717, 1.165) is 5.56 Å². The van der Waals surface area contributed by atoms with E-state index in [1.807, 2.05) is 30.3 Å². The maximum Gasteiger partial charge on any atom is 0.346 e. The molecular formula is C12H8LiO3. The summed E-state index contributed by atoms with van der Waals surface area (Å²) in [5, 5.41) is 0. The van der Waals surface area contributed by atoms with Crippen molar-refractivity contribution >= 4 is 36.9 Å². The minimum absolute atomic E-state index is 0. The summed E-state index contributed by atoms with van der Waals surface area (Å²) in [7, 11) is 0. The molecule has 1 aromatic carbocycles. The van der Waals surface area contributed by atoms with Gasteiger partial charge in [-0.2, -0.15) is 0 Å². The Labute approximate surface area is 105 Å². The molecule has 0 N–H and O–H groups in total. The molecule has 2 rings (SSSR count). The largest absolute Gasteiger partial charge is 0.386 e. The van der Waals surface area contributed by atoms with Crippen LogP contribution in [0.2, 0.25) is 0 Å². The third-order valence-corrected chi connectivity index (χ3v) is 1.96. The van der Waals surface area contributed by atoms with Gasteiger partial charge in [-0.1, -0.05) is 36.4 Å². The standard InChI is InChI=1S/C12H8O3.Li/c13-11-8-10(12(14)15-11)7-6-9-4-2-1-3-5-9;/h1-8H;. The van der Waals surface area contributed by atoms with Crippen molar-refractivity contribution in [3.8, 4) is 0 Å². The predicted octanol–water partition coefficient (Wildman–Crippen LogP) is 1.33. The average molecular weight is 207 g/mol. The summed E-state index contributed by atoms with van der Waals surface area (Å²) in [6, 6.07) is 9.50. The summed E-state index contributed by atoms with van der Waals surface area (Å²) >= 11 is 0. The van der Waals surface area contributed by atoms with E-state index in [1.54, 1.807) is 12.2 Å². The molecule has 3 nitrogen and oxygen atoms in total. The SMILES string of the molecule is O=C1C=C(C=Cc2ccccc2)C(=O)O1.[Li]. The summed E-state index contributed by atoms with van der Waals surface area (Å²) in [6.07, 6.45) is 4.51. The predicted molar refractivity (Wildman–Crippen MR) is 60.4 cm³/mol. The number of hydrogen-bond acceptors (Lipinski definition) is 3. The summed E-state index contributed by atoms with van der Waals surface area (Å²) in [5.74, 6) is -1.19. The first-order valence-electron chi connectivity index (χ1n) is 4.47. The van der Waals surface area contributed by atoms with Crippen LogP contribution in [0.25, 0.3) is 6.08 Å². The van der Waals surface area contributed by atoms with Gasteiger partial charge < -0.3 is 4.74 Å². The van der Waals surface area contributed by atoms with Crippen LogP contribution >= 0.6 is 0 Å². The molecule has 1 aromatic rings. The molecule has 1 heterocycles. The number of carbonyl (C=O) groups is 2. The molecule has 0 atom stereocenters. The van der Waals surface area contributed by atoms with Crippen LogP contribution in [0.15, 0.2) is 48.1 Å². The molecule has 0 spiro atoms. The van der Waals surface area contributed by atoms with E-state index >= 15 is 0 Å². The molecular weight excluding hydrogens is 199 g/mol. The second-order valence-corrected chi connectivity index (χ2v) is 3.05. The van der Waals surface area contributed by atoms with Crippen molar-refractivity contribution in [3.05, 3.63) is 53.6 Å². The Morgan fingerprint density at radius 3 is 2.25 bits per heavy atom. The topological polar surface area (TPSA) is 43.4 Å². The number of ether oxygens (including phenoxy) is 1. The van der Waals surface area contributed by atoms with Crippen LogP contribution in [0.5, 0.6) is 0 Å². The van der Waals surface area contributed by atoms with Crippen molar-refractivity contribution in [2.75, 3.05) is 0 Å². The van der Waals surface area contributed by atoms with Crippen molar-refractivity contribution in [3.63, 3.8) is 0 Å². The van der Waals surface area contributed by atoms with E-state index in [-0.39, 0.29) is 24.4 Å². The van der Waals surface area contributed by atoms with Crippen LogP contribution < -0.4 is 0 Å². The van der Waals surface area contributed by atoms with E-state index < -0.39 is 11.9 Å². The van der Waals surface area contributed by atoms with Gasteiger partial charge in [0.25, 0.3) is 0 Å². The van der Waals surface area contributed by atoms with Crippen LogP contribution in [0.4, 0.5) is 0 Å². The summed E-state index contributed by atoms with van der Waals surface area (Å²) in [5.41, 5.74) is 1.24. The van der Waals surface area contributed by atoms with Crippen molar-refractivity contribution in [1.82, 2.24) is 0 Å². The first-order chi connectivity index (χ1) is 7.25. The molecule has 75 valence electrons. The van der Waals surface area contributed by atoms with E-state index in [4.69, 9.17) is 0 Å². The molecule has 16 heavy (non-hydrogen) atoms. The summed E-state index contributed by atoms with van der Waals surface area (Å²) in [4.78, 5) is 21.8. The van der Waals surface area contributed by atoms with Crippen LogP contribution in [-0.2, 0) is 14.3 Å². The van der Waals surface area contributed by atoms with Crippen LogP contribution in [-0.4, -0.2) is 30.8 Å². The Morgan fingerprint density at radius 1 is 1.00 bits per heavy atom. The molecule has 0 saturated heterocycles.